The Morgan fingerprint density at radius 1 is 1.16 bits per heavy atom. The maximum absolute atomic E-state index is 12.1. The molecule has 2 atom stereocenters. The summed E-state index contributed by atoms with van der Waals surface area (Å²) >= 11 is 5.93. The Labute approximate surface area is 154 Å². The van der Waals surface area contributed by atoms with Crippen LogP contribution in [0.4, 0.5) is 0 Å². The molecule has 7 heteroatoms. The molecular formula is C18H27ClN4O2. The van der Waals surface area contributed by atoms with E-state index in [0.29, 0.717) is 24.7 Å². The number of halogens is 1. The predicted molar refractivity (Wildman–Crippen MR) is 99.3 cm³/mol. The van der Waals surface area contributed by atoms with Crippen LogP contribution >= 0.6 is 11.6 Å². The molecule has 1 fully saturated rings. The fourth-order valence-electron chi connectivity index (χ4n) is 3.14. The molecule has 2 amide bonds. The van der Waals surface area contributed by atoms with E-state index in [1.165, 1.54) is 0 Å². The highest BCUT2D eigenvalue weighted by Gasteiger charge is 2.31. The molecule has 0 radical (unpaired) electrons. The van der Waals surface area contributed by atoms with Crippen molar-refractivity contribution >= 4 is 23.4 Å². The standard InChI is InChI=1S/C18H27ClN4O2/c1-3-8-21-18(25)13(2)22-9-11-23(12-10-22)16(17(20)24)14-4-6-15(19)7-5-14/h4-7,13,16H,3,8-12H2,1-2H3,(H2,20,24)(H,21,25)/t13-,16-/m0/s1. The number of nitrogens with two attached hydrogens (primary N) is 1. The van der Waals surface area contributed by atoms with Gasteiger partial charge in [0.15, 0.2) is 0 Å². The number of primary amides is 1. The van der Waals surface area contributed by atoms with Crippen molar-refractivity contribution < 1.29 is 9.59 Å². The van der Waals surface area contributed by atoms with Gasteiger partial charge in [-0.1, -0.05) is 30.7 Å². The van der Waals surface area contributed by atoms with Crippen LogP contribution < -0.4 is 11.1 Å². The Morgan fingerprint density at radius 2 is 1.72 bits per heavy atom. The summed E-state index contributed by atoms with van der Waals surface area (Å²) in [4.78, 5) is 28.3. The van der Waals surface area contributed by atoms with E-state index in [9.17, 15) is 9.59 Å². The minimum absolute atomic E-state index is 0.0550. The van der Waals surface area contributed by atoms with E-state index in [-0.39, 0.29) is 17.9 Å². The third-order valence-electron chi connectivity index (χ3n) is 4.65. The van der Waals surface area contributed by atoms with E-state index >= 15 is 0 Å². The van der Waals surface area contributed by atoms with Crippen LogP contribution in [-0.4, -0.2) is 60.4 Å². The zero-order valence-corrected chi connectivity index (χ0v) is 15.6. The van der Waals surface area contributed by atoms with Crippen LogP contribution in [0.1, 0.15) is 31.9 Å². The lowest BCUT2D eigenvalue weighted by molar-refractivity contribution is -0.129. The Hall–Kier alpha value is -1.63. The number of nitrogens with zero attached hydrogens (tertiary/aromatic N) is 2. The van der Waals surface area contributed by atoms with Gasteiger partial charge >= 0.3 is 0 Å². The van der Waals surface area contributed by atoms with Crippen molar-refractivity contribution in [1.29, 1.82) is 0 Å². The second kappa shape index (κ2) is 9.17. The molecule has 3 N–H and O–H groups in total. The van der Waals surface area contributed by atoms with Crippen LogP contribution in [-0.2, 0) is 9.59 Å². The van der Waals surface area contributed by atoms with Gasteiger partial charge in [0.05, 0.1) is 6.04 Å². The number of hydrogen-bond acceptors (Lipinski definition) is 4. The van der Waals surface area contributed by atoms with E-state index in [0.717, 1.165) is 25.1 Å². The molecule has 0 aromatic heterocycles. The first-order chi connectivity index (χ1) is 11.9. The fourth-order valence-corrected chi connectivity index (χ4v) is 3.27. The van der Waals surface area contributed by atoms with Gasteiger partial charge < -0.3 is 11.1 Å². The quantitative estimate of drug-likeness (QED) is 0.764. The molecule has 1 saturated heterocycles. The molecule has 6 nitrogen and oxygen atoms in total. The van der Waals surface area contributed by atoms with Crippen LogP contribution in [0, 0.1) is 0 Å². The van der Waals surface area contributed by atoms with E-state index in [1.807, 2.05) is 26.0 Å². The zero-order valence-electron chi connectivity index (χ0n) is 14.9. The second-order valence-corrected chi connectivity index (χ2v) is 6.83. The lowest BCUT2D eigenvalue weighted by Crippen LogP contribution is -2.55. The summed E-state index contributed by atoms with van der Waals surface area (Å²) in [6, 6.07) is 6.57. The second-order valence-electron chi connectivity index (χ2n) is 6.40. The van der Waals surface area contributed by atoms with Gasteiger partial charge in [0, 0.05) is 37.7 Å². The number of amides is 2. The van der Waals surface area contributed by atoms with E-state index in [2.05, 4.69) is 15.1 Å². The van der Waals surface area contributed by atoms with Gasteiger partial charge in [-0.2, -0.15) is 0 Å². The fraction of sp³-hybridized carbons (Fsp3) is 0.556. The number of carbonyl (C=O) groups is 2. The summed E-state index contributed by atoms with van der Waals surface area (Å²) < 4.78 is 0. The van der Waals surface area contributed by atoms with Crippen molar-refractivity contribution in [2.75, 3.05) is 32.7 Å². The van der Waals surface area contributed by atoms with Gasteiger partial charge in [0.25, 0.3) is 0 Å². The molecule has 0 unspecified atom stereocenters. The highest BCUT2D eigenvalue weighted by molar-refractivity contribution is 6.30. The third kappa shape index (κ3) is 5.17. The molecule has 138 valence electrons. The molecule has 1 aromatic rings. The zero-order chi connectivity index (χ0) is 18.4. The minimum Gasteiger partial charge on any atom is -0.368 e. The van der Waals surface area contributed by atoms with Crippen LogP contribution in [0.25, 0.3) is 0 Å². The Balaban J connectivity index is 1.98. The molecule has 25 heavy (non-hydrogen) atoms. The summed E-state index contributed by atoms with van der Waals surface area (Å²) in [6.07, 6.45) is 0.924. The molecule has 1 aromatic carbocycles. The van der Waals surface area contributed by atoms with Crippen LogP contribution in [0.15, 0.2) is 24.3 Å². The molecule has 0 spiro atoms. The smallest absolute Gasteiger partial charge is 0.239 e. The third-order valence-corrected chi connectivity index (χ3v) is 4.90. The van der Waals surface area contributed by atoms with Crippen molar-refractivity contribution in [3.05, 3.63) is 34.9 Å². The topological polar surface area (TPSA) is 78.7 Å². The van der Waals surface area contributed by atoms with Crippen LogP contribution in [0.3, 0.4) is 0 Å². The SMILES string of the molecule is CCCNC(=O)[C@H](C)N1CCN([C@H](C(N)=O)c2ccc(Cl)cc2)CC1. The maximum atomic E-state index is 12.1. The van der Waals surface area contributed by atoms with Crippen molar-refractivity contribution in [2.45, 2.75) is 32.4 Å². The van der Waals surface area contributed by atoms with Gasteiger partial charge in [0.1, 0.15) is 6.04 Å². The first-order valence-corrected chi connectivity index (χ1v) is 9.12. The number of rotatable bonds is 7. The number of carbonyl (C=O) groups excluding carboxylic acids is 2. The molecular weight excluding hydrogens is 340 g/mol. The Morgan fingerprint density at radius 3 is 2.24 bits per heavy atom. The predicted octanol–water partition coefficient (Wildman–Crippen LogP) is 1.40. The first-order valence-electron chi connectivity index (χ1n) is 8.74. The number of benzene rings is 1. The highest BCUT2D eigenvalue weighted by atomic mass is 35.5. The van der Waals surface area contributed by atoms with Crippen LogP contribution in [0.2, 0.25) is 5.02 Å². The largest absolute Gasteiger partial charge is 0.368 e. The number of nitrogens with one attached hydrogen (secondary N) is 1. The molecule has 1 aliphatic heterocycles. The number of piperazine rings is 1. The lowest BCUT2D eigenvalue weighted by atomic mass is 10.0. The van der Waals surface area contributed by atoms with Crippen molar-refractivity contribution in [3.63, 3.8) is 0 Å². The van der Waals surface area contributed by atoms with Gasteiger partial charge in [-0.25, -0.2) is 0 Å². The summed E-state index contributed by atoms with van der Waals surface area (Å²) in [5.74, 6) is -0.316. The van der Waals surface area contributed by atoms with E-state index < -0.39 is 6.04 Å². The minimum atomic E-state index is -0.469. The average molecular weight is 367 g/mol. The Kier molecular flexibility index (Phi) is 7.23. The van der Waals surface area contributed by atoms with Crippen LogP contribution in [0.5, 0.6) is 0 Å². The molecule has 0 bridgehead atoms. The van der Waals surface area contributed by atoms with E-state index in [1.54, 1.807) is 12.1 Å². The average Bonchev–Trinajstić information content (AvgIpc) is 2.61. The molecule has 1 heterocycles. The summed E-state index contributed by atoms with van der Waals surface area (Å²) in [5, 5.41) is 3.56. The molecule has 0 saturated carbocycles. The van der Waals surface area contributed by atoms with Crippen molar-refractivity contribution in [3.8, 4) is 0 Å². The lowest BCUT2D eigenvalue weighted by Gasteiger charge is -2.40. The first kappa shape index (κ1) is 19.7. The van der Waals surface area contributed by atoms with Gasteiger partial charge in [-0.3, -0.25) is 19.4 Å². The molecule has 0 aliphatic carbocycles. The van der Waals surface area contributed by atoms with E-state index in [4.69, 9.17) is 17.3 Å². The Bertz CT molecular complexity index is 585. The summed E-state index contributed by atoms with van der Waals surface area (Å²) in [6.45, 7) is 7.46. The number of hydrogen-bond donors (Lipinski definition) is 2. The van der Waals surface area contributed by atoms with Gasteiger partial charge in [-0.05, 0) is 31.0 Å². The van der Waals surface area contributed by atoms with Gasteiger partial charge in [-0.15, -0.1) is 0 Å². The monoisotopic (exact) mass is 366 g/mol. The summed E-state index contributed by atoms with van der Waals surface area (Å²) in [7, 11) is 0. The maximum Gasteiger partial charge on any atom is 0.239 e. The van der Waals surface area contributed by atoms with Crippen molar-refractivity contribution in [1.82, 2.24) is 15.1 Å². The highest BCUT2D eigenvalue weighted by Crippen LogP contribution is 2.24. The van der Waals surface area contributed by atoms with Crippen molar-refractivity contribution in [2.24, 2.45) is 5.73 Å². The molecule has 2 rings (SSSR count). The van der Waals surface area contributed by atoms with Gasteiger partial charge in [0.2, 0.25) is 11.8 Å². The normalized spacial score (nSPS) is 18.5. The summed E-state index contributed by atoms with van der Waals surface area (Å²) in [5.41, 5.74) is 6.49. The molecule has 1 aliphatic rings.